The molecule has 6 nitrogen and oxygen atoms in total. The Kier molecular flexibility index (Phi) is 9.00. The summed E-state index contributed by atoms with van der Waals surface area (Å²) in [5.74, 6) is 0.690. The Morgan fingerprint density at radius 1 is 1.07 bits per heavy atom. The Morgan fingerprint density at radius 2 is 1.70 bits per heavy atom. The number of amides is 3. The number of hydrogen-bond donors (Lipinski definition) is 2. The summed E-state index contributed by atoms with van der Waals surface area (Å²) in [7, 11) is 0. The van der Waals surface area contributed by atoms with Gasteiger partial charge < -0.3 is 20.4 Å². The number of hydrogen-bond acceptors (Lipinski definition) is 3. The van der Waals surface area contributed by atoms with E-state index in [0.29, 0.717) is 18.9 Å². The van der Waals surface area contributed by atoms with Gasteiger partial charge in [0.15, 0.2) is 0 Å². The lowest BCUT2D eigenvalue weighted by Crippen LogP contribution is -2.49. The molecular formula is C24H40N4O2. The van der Waals surface area contributed by atoms with Gasteiger partial charge in [-0.2, -0.15) is 0 Å². The number of carbonyl (C=O) groups is 2. The van der Waals surface area contributed by atoms with Gasteiger partial charge in [0.25, 0.3) is 0 Å². The minimum Gasteiger partial charge on any atom is -0.368 e. The minimum absolute atomic E-state index is 0.163. The molecule has 1 fully saturated rings. The zero-order chi connectivity index (χ0) is 22.1. The highest BCUT2D eigenvalue weighted by molar-refractivity contribution is 5.89. The van der Waals surface area contributed by atoms with Crippen LogP contribution in [0.4, 0.5) is 16.2 Å². The van der Waals surface area contributed by atoms with Crippen molar-refractivity contribution in [2.45, 2.75) is 60.3 Å². The van der Waals surface area contributed by atoms with Gasteiger partial charge in [-0.25, -0.2) is 4.79 Å². The zero-order valence-corrected chi connectivity index (χ0v) is 19.5. The van der Waals surface area contributed by atoms with Crippen molar-refractivity contribution in [3.8, 4) is 0 Å². The maximum Gasteiger partial charge on any atom is 0.319 e. The Hall–Kier alpha value is -2.24. The summed E-state index contributed by atoms with van der Waals surface area (Å²) >= 11 is 0. The molecule has 0 aromatic heterocycles. The van der Waals surface area contributed by atoms with Crippen LogP contribution in [0.15, 0.2) is 24.3 Å². The fourth-order valence-corrected chi connectivity index (χ4v) is 4.07. The molecule has 0 aliphatic carbocycles. The van der Waals surface area contributed by atoms with Crippen molar-refractivity contribution in [2.24, 2.45) is 11.3 Å². The van der Waals surface area contributed by atoms with Crippen molar-refractivity contribution in [3.63, 3.8) is 0 Å². The van der Waals surface area contributed by atoms with Crippen LogP contribution in [0.1, 0.15) is 60.3 Å². The Morgan fingerprint density at radius 3 is 2.27 bits per heavy atom. The lowest BCUT2D eigenvalue weighted by molar-refractivity contribution is -0.132. The van der Waals surface area contributed by atoms with Crippen molar-refractivity contribution in [1.29, 1.82) is 0 Å². The van der Waals surface area contributed by atoms with Crippen LogP contribution in [-0.4, -0.2) is 49.6 Å². The van der Waals surface area contributed by atoms with E-state index in [1.807, 2.05) is 29.2 Å². The summed E-state index contributed by atoms with van der Waals surface area (Å²) in [5.41, 5.74) is 2.17. The first kappa shape index (κ1) is 24.0. The Bertz CT molecular complexity index is 673. The quantitative estimate of drug-likeness (QED) is 0.603. The average Bonchev–Trinajstić information content (AvgIpc) is 2.67. The second kappa shape index (κ2) is 11.2. The highest BCUT2D eigenvalue weighted by Gasteiger charge is 2.24. The molecule has 30 heavy (non-hydrogen) atoms. The van der Waals surface area contributed by atoms with Crippen molar-refractivity contribution >= 4 is 23.3 Å². The van der Waals surface area contributed by atoms with E-state index in [0.717, 1.165) is 56.8 Å². The second-order valence-electron chi connectivity index (χ2n) is 9.72. The Labute approximate surface area is 182 Å². The molecule has 0 unspecified atom stereocenters. The zero-order valence-electron chi connectivity index (χ0n) is 19.5. The van der Waals surface area contributed by atoms with Crippen LogP contribution < -0.4 is 15.5 Å². The number of nitrogens with one attached hydrogen (secondary N) is 2. The number of anilines is 2. The van der Waals surface area contributed by atoms with E-state index in [1.165, 1.54) is 0 Å². The molecule has 1 aromatic rings. The van der Waals surface area contributed by atoms with E-state index in [2.05, 4.69) is 50.2 Å². The van der Waals surface area contributed by atoms with Crippen molar-refractivity contribution in [1.82, 2.24) is 10.2 Å². The van der Waals surface area contributed by atoms with E-state index < -0.39 is 0 Å². The van der Waals surface area contributed by atoms with Crippen LogP contribution in [-0.2, 0) is 4.79 Å². The van der Waals surface area contributed by atoms with E-state index in [4.69, 9.17) is 0 Å². The SMILES string of the molecule is CCCCNC(=O)Nc1ccc(N2CCN(C(=O)C[C@@H](C)CC(C)(C)C)CC2)cc1. The topological polar surface area (TPSA) is 64.7 Å². The number of unbranched alkanes of at least 4 members (excludes halogenated alkanes) is 1. The first-order valence-corrected chi connectivity index (χ1v) is 11.4. The molecule has 1 heterocycles. The summed E-state index contributed by atoms with van der Waals surface area (Å²) in [4.78, 5) is 28.8. The molecular weight excluding hydrogens is 376 g/mol. The lowest BCUT2D eigenvalue weighted by Gasteiger charge is -2.37. The van der Waals surface area contributed by atoms with Crippen LogP contribution >= 0.6 is 0 Å². The van der Waals surface area contributed by atoms with Crippen LogP contribution in [0, 0.1) is 11.3 Å². The monoisotopic (exact) mass is 416 g/mol. The fraction of sp³-hybridized carbons (Fsp3) is 0.667. The number of benzene rings is 1. The van der Waals surface area contributed by atoms with Crippen LogP contribution in [0.5, 0.6) is 0 Å². The van der Waals surface area contributed by atoms with Crippen LogP contribution in [0.25, 0.3) is 0 Å². The van der Waals surface area contributed by atoms with Gasteiger partial charge in [0.2, 0.25) is 5.91 Å². The summed E-state index contributed by atoms with van der Waals surface area (Å²) in [5, 5.41) is 5.72. The standard InChI is InChI=1S/C24H40N4O2/c1-6-7-12-25-23(30)26-20-8-10-21(11-9-20)27-13-15-28(16-14-27)22(29)17-19(2)18-24(3,4)5/h8-11,19H,6-7,12-18H2,1-5H3,(H2,25,26,30)/t19-/m1/s1. The van der Waals surface area contributed by atoms with Gasteiger partial charge in [0.1, 0.15) is 0 Å². The van der Waals surface area contributed by atoms with E-state index in [-0.39, 0.29) is 17.4 Å². The van der Waals surface area contributed by atoms with Crippen LogP contribution in [0.2, 0.25) is 0 Å². The summed E-state index contributed by atoms with van der Waals surface area (Å²) in [6.45, 7) is 14.9. The molecule has 0 radical (unpaired) electrons. The summed E-state index contributed by atoms with van der Waals surface area (Å²) in [6, 6.07) is 7.76. The molecule has 168 valence electrons. The van der Waals surface area contributed by atoms with E-state index in [1.54, 1.807) is 0 Å². The molecule has 0 bridgehead atoms. The summed E-state index contributed by atoms with van der Waals surface area (Å²) in [6.07, 6.45) is 3.74. The molecule has 1 saturated heterocycles. The van der Waals surface area contributed by atoms with E-state index >= 15 is 0 Å². The number of piperazine rings is 1. The number of urea groups is 1. The molecule has 0 saturated carbocycles. The Balaban J connectivity index is 1.78. The van der Waals surface area contributed by atoms with Gasteiger partial charge in [-0.15, -0.1) is 0 Å². The predicted molar refractivity (Wildman–Crippen MR) is 125 cm³/mol. The van der Waals surface area contributed by atoms with Gasteiger partial charge in [0.05, 0.1) is 0 Å². The number of carbonyl (C=O) groups excluding carboxylic acids is 2. The van der Waals surface area contributed by atoms with Gasteiger partial charge in [-0.05, 0) is 48.4 Å². The van der Waals surface area contributed by atoms with Gasteiger partial charge in [-0.1, -0.05) is 41.0 Å². The molecule has 3 amide bonds. The third-order valence-electron chi connectivity index (χ3n) is 5.42. The predicted octanol–water partition coefficient (Wildman–Crippen LogP) is 4.72. The third kappa shape index (κ3) is 8.25. The molecule has 1 aliphatic heterocycles. The first-order chi connectivity index (χ1) is 14.2. The molecule has 1 atom stereocenters. The largest absolute Gasteiger partial charge is 0.368 e. The van der Waals surface area contributed by atoms with Gasteiger partial charge in [0, 0.05) is 50.5 Å². The smallest absolute Gasteiger partial charge is 0.319 e. The first-order valence-electron chi connectivity index (χ1n) is 11.4. The third-order valence-corrected chi connectivity index (χ3v) is 5.42. The van der Waals surface area contributed by atoms with Crippen molar-refractivity contribution in [3.05, 3.63) is 24.3 Å². The number of rotatable bonds is 8. The highest BCUT2D eigenvalue weighted by atomic mass is 16.2. The maximum atomic E-state index is 12.6. The molecule has 2 rings (SSSR count). The fourth-order valence-electron chi connectivity index (χ4n) is 4.07. The molecule has 0 spiro atoms. The molecule has 1 aromatic carbocycles. The van der Waals surface area contributed by atoms with Crippen molar-refractivity contribution < 1.29 is 9.59 Å². The highest BCUT2D eigenvalue weighted by Crippen LogP contribution is 2.27. The second-order valence-corrected chi connectivity index (χ2v) is 9.72. The minimum atomic E-state index is -0.163. The van der Waals surface area contributed by atoms with Gasteiger partial charge in [-0.3, -0.25) is 4.79 Å². The molecule has 2 N–H and O–H groups in total. The normalized spacial score (nSPS) is 15.6. The molecule has 1 aliphatic rings. The van der Waals surface area contributed by atoms with Gasteiger partial charge >= 0.3 is 6.03 Å². The van der Waals surface area contributed by atoms with Crippen LogP contribution in [0.3, 0.4) is 0 Å². The van der Waals surface area contributed by atoms with E-state index in [9.17, 15) is 9.59 Å². The van der Waals surface area contributed by atoms with Crippen molar-refractivity contribution in [2.75, 3.05) is 42.9 Å². The maximum absolute atomic E-state index is 12.6. The average molecular weight is 417 g/mol. The lowest BCUT2D eigenvalue weighted by atomic mass is 9.84. The summed E-state index contributed by atoms with van der Waals surface area (Å²) < 4.78 is 0. The number of nitrogens with zero attached hydrogens (tertiary/aromatic N) is 2. The molecule has 6 heteroatoms.